The molecule has 1 saturated heterocycles. The van der Waals surface area contributed by atoms with E-state index < -0.39 is 0 Å². The van der Waals surface area contributed by atoms with Gasteiger partial charge in [-0.15, -0.1) is 0 Å². The molecule has 114 valence electrons. The van der Waals surface area contributed by atoms with Crippen molar-refractivity contribution >= 4 is 0 Å². The van der Waals surface area contributed by atoms with Crippen LogP contribution >= 0.6 is 0 Å². The molecule has 1 aliphatic heterocycles. The summed E-state index contributed by atoms with van der Waals surface area (Å²) >= 11 is 0. The number of hydrogen-bond acceptors (Lipinski definition) is 3. The summed E-state index contributed by atoms with van der Waals surface area (Å²) in [5.74, 6) is 8.40. The normalized spacial score (nSPS) is 21.9. The Morgan fingerprint density at radius 1 is 1.29 bits per heavy atom. The molecule has 1 aromatic rings. The predicted octanol–water partition coefficient (Wildman–Crippen LogP) is 2.39. The van der Waals surface area contributed by atoms with E-state index in [1.807, 2.05) is 24.3 Å². The van der Waals surface area contributed by atoms with E-state index >= 15 is 0 Å². The van der Waals surface area contributed by atoms with Gasteiger partial charge in [0, 0.05) is 31.6 Å². The lowest BCUT2D eigenvalue weighted by Gasteiger charge is -2.15. The van der Waals surface area contributed by atoms with Crippen molar-refractivity contribution < 1.29 is 9.84 Å². The molecule has 0 spiro atoms. The van der Waals surface area contributed by atoms with Crippen molar-refractivity contribution in [2.24, 2.45) is 11.8 Å². The molecule has 0 saturated carbocycles. The Labute approximate surface area is 127 Å². The smallest absolute Gasteiger partial charge is 0.120 e. The maximum absolute atomic E-state index is 8.72. The van der Waals surface area contributed by atoms with Crippen LogP contribution in [-0.2, 0) is 0 Å². The molecule has 3 nitrogen and oxygen atoms in total. The second kappa shape index (κ2) is 8.07. The minimum atomic E-state index is 0.107. The largest absolute Gasteiger partial charge is 0.492 e. The zero-order valence-corrected chi connectivity index (χ0v) is 13.0. The van der Waals surface area contributed by atoms with Gasteiger partial charge in [0.25, 0.3) is 0 Å². The Bertz CT molecular complexity index is 493. The quantitative estimate of drug-likeness (QED) is 0.844. The molecule has 2 atom stereocenters. The third-order valence-corrected chi connectivity index (χ3v) is 4.04. The van der Waals surface area contributed by atoms with Gasteiger partial charge in [0.1, 0.15) is 12.4 Å². The van der Waals surface area contributed by atoms with Crippen LogP contribution in [0.4, 0.5) is 0 Å². The van der Waals surface area contributed by atoms with Crippen molar-refractivity contribution in [3.63, 3.8) is 0 Å². The predicted molar refractivity (Wildman–Crippen MR) is 85.3 cm³/mol. The van der Waals surface area contributed by atoms with E-state index in [1.165, 1.54) is 13.1 Å². The van der Waals surface area contributed by atoms with E-state index in [1.54, 1.807) is 0 Å². The van der Waals surface area contributed by atoms with Crippen molar-refractivity contribution in [1.29, 1.82) is 0 Å². The number of benzene rings is 1. The Morgan fingerprint density at radius 2 is 2.05 bits per heavy atom. The molecule has 0 aromatic heterocycles. The summed E-state index contributed by atoms with van der Waals surface area (Å²) in [5, 5.41) is 8.72. The number of nitrogens with zero attached hydrogens (tertiary/aromatic N) is 1. The molecule has 3 heteroatoms. The number of aliphatic hydroxyl groups is 1. The van der Waals surface area contributed by atoms with Crippen LogP contribution in [0.2, 0.25) is 0 Å². The Hall–Kier alpha value is -1.50. The van der Waals surface area contributed by atoms with Crippen LogP contribution in [0.3, 0.4) is 0 Å². The van der Waals surface area contributed by atoms with Crippen LogP contribution in [0, 0.1) is 23.7 Å². The summed E-state index contributed by atoms with van der Waals surface area (Å²) in [5.41, 5.74) is 0.935. The van der Waals surface area contributed by atoms with Gasteiger partial charge in [0.05, 0.1) is 6.61 Å². The van der Waals surface area contributed by atoms with E-state index in [9.17, 15) is 0 Å². The first-order chi connectivity index (χ1) is 10.2. The molecular formula is C18H25NO2. The van der Waals surface area contributed by atoms with Gasteiger partial charge in [-0.3, -0.25) is 4.90 Å². The Kier molecular flexibility index (Phi) is 6.10. The number of ether oxygens (including phenoxy) is 1. The maximum Gasteiger partial charge on any atom is 0.120 e. The molecule has 2 unspecified atom stereocenters. The molecule has 1 aliphatic rings. The molecular weight excluding hydrogens is 262 g/mol. The zero-order valence-electron chi connectivity index (χ0n) is 13.0. The van der Waals surface area contributed by atoms with Crippen LogP contribution in [0.15, 0.2) is 24.3 Å². The van der Waals surface area contributed by atoms with E-state index in [0.717, 1.165) is 29.7 Å². The Balaban J connectivity index is 1.78. The van der Waals surface area contributed by atoms with Crippen molar-refractivity contribution in [2.45, 2.75) is 20.3 Å². The summed E-state index contributed by atoms with van der Waals surface area (Å²) in [6.45, 7) is 8.80. The van der Waals surface area contributed by atoms with Crippen LogP contribution < -0.4 is 4.74 Å². The van der Waals surface area contributed by atoms with Crippen molar-refractivity contribution in [2.75, 3.05) is 32.8 Å². The fourth-order valence-electron chi connectivity index (χ4n) is 2.61. The van der Waals surface area contributed by atoms with Gasteiger partial charge in [-0.2, -0.15) is 0 Å². The SMILES string of the molecule is CC1CN(CCOc2cccc(C#CCCO)c2)CC1C. The van der Waals surface area contributed by atoms with E-state index in [0.29, 0.717) is 13.0 Å². The van der Waals surface area contributed by atoms with Gasteiger partial charge < -0.3 is 9.84 Å². The lowest BCUT2D eigenvalue weighted by molar-refractivity contribution is 0.232. The molecule has 0 amide bonds. The first-order valence-corrected chi connectivity index (χ1v) is 7.74. The summed E-state index contributed by atoms with van der Waals surface area (Å²) in [7, 11) is 0. The fraction of sp³-hybridized carbons (Fsp3) is 0.556. The number of likely N-dealkylation sites (tertiary alicyclic amines) is 1. The molecule has 1 aromatic carbocycles. The average Bonchev–Trinajstić information content (AvgIpc) is 2.78. The van der Waals surface area contributed by atoms with Crippen molar-refractivity contribution in [3.05, 3.63) is 29.8 Å². The summed E-state index contributed by atoms with van der Waals surface area (Å²) in [6.07, 6.45) is 0.510. The third kappa shape index (κ3) is 5.08. The zero-order chi connectivity index (χ0) is 15.1. The second-order valence-electron chi connectivity index (χ2n) is 5.87. The Morgan fingerprint density at radius 3 is 2.76 bits per heavy atom. The highest BCUT2D eigenvalue weighted by molar-refractivity contribution is 5.39. The lowest BCUT2D eigenvalue weighted by atomic mass is 10.0. The van der Waals surface area contributed by atoms with Crippen LogP contribution in [0.5, 0.6) is 5.75 Å². The molecule has 1 fully saturated rings. The molecule has 0 bridgehead atoms. The minimum absolute atomic E-state index is 0.107. The average molecular weight is 287 g/mol. The van der Waals surface area contributed by atoms with Crippen LogP contribution in [0.25, 0.3) is 0 Å². The third-order valence-electron chi connectivity index (χ3n) is 4.04. The van der Waals surface area contributed by atoms with Gasteiger partial charge in [0.2, 0.25) is 0 Å². The van der Waals surface area contributed by atoms with Gasteiger partial charge in [-0.1, -0.05) is 31.8 Å². The van der Waals surface area contributed by atoms with Gasteiger partial charge in [-0.25, -0.2) is 0 Å². The first kappa shape index (κ1) is 15.9. The molecule has 0 aliphatic carbocycles. The van der Waals surface area contributed by atoms with Gasteiger partial charge in [0.15, 0.2) is 0 Å². The first-order valence-electron chi connectivity index (χ1n) is 7.74. The van der Waals surface area contributed by atoms with E-state index in [4.69, 9.17) is 9.84 Å². The number of hydrogen-bond donors (Lipinski definition) is 1. The van der Waals surface area contributed by atoms with Crippen molar-refractivity contribution in [3.8, 4) is 17.6 Å². The fourth-order valence-corrected chi connectivity index (χ4v) is 2.61. The molecule has 21 heavy (non-hydrogen) atoms. The lowest BCUT2D eigenvalue weighted by Crippen LogP contribution is -2.26. The highest BCUT2D eigenvalue weighted by Gasteiger charge is 2.25. The summed E-state index contributed by atoms with van der Waals surface area (Å²) in [4.78, 5) is 2.47. The maximum atomic E-state index is 8.72. The highest BCUT2D eigenvalue weighted by atomic mass is 16.5. The van der Waals surface area contributed by atoms with Gasteiger partial charge >= 0.3 is 0 Å². The topological polar surface area (TPSA) is 32.7 Å². The van der Waals surface area contributed by atoms with Crippen LogP contribution in [-0.4, -0.2) is 42.9 Å². The van der Waals surface area contributed by atoms with Crippen LogP contribution in [0.1, 0.15) is 25.8 Å². The second-order valence-corrected chi connectivity index (χ2v) is 5.87. The minimum Gasteiger partial charge on any atom is -0.492 e. The van der Waals surface area contributed by atoms with E-state index in [-0.39, 0.29) is 6.61 Å². The highest BCUT2D eigenvalue weighted by Crippen LogP contribution is 2.21. The molecule has 2 rings (SSSR count). The number of rotatable bonds is 5. The monoisotopic (exact) mass is 287 g/mol. The molecule has 1 heterocycles. The van der Waals surface area contributed by atoms with Crippen molar-refractivity contribution in [1.82, 2.24) is 4.90 Å². The number of aliphatic hydroxyl groups excluding tert-OH is 1. The summed E-state index contributed by atoms with van der Waals surface area (Å²) in [6, 6.07) is 7.84. The van der Waals surface area contributed by atoms with Gasteiger partial charge in [-0.05, 0) is 30.0 Å². The molecule has 1 N–H and O–H groups in total. The molecule has 0 radical (unpaired) electrons. The van der Waals surface area contributed by atoms with E-state index in [2.05, 4.69) is 30.6 Å². The standard InChI is InChI=1S/C18H25NO2/c1-15-13-19(14-16(15)2)9-11-21-18-8-5-7-17(12-18)6-3-4-10-20/h5,7-8,12,15-16,20H,4,9-11,13-14H2,1-2H3. The summed E-state index contributed by atoms with van der Waals surface area (Å²) < 4.78 is 5.83.